The Hall–Kier alpha value is -4.19. The number of barbiturate groups is 1. The van der Waals surface area contributed by atoms with Crippen LogP contribution >= 0.6 is 0 Å². The number of carbonyl (C=O) groups is 3. The van der Waals surface area contributed by atoms with Crippen molar-refractivity contribution in [2.75, 3.05) is 4.90 Å². The van der Waals surface area contributed by atoms with Gasteiger partial charge in [0.25, 0.3) is 11.8 Å². The van der Waals surface area contributed by atoms with E-state index in [-0.39, 0.29) is 5.57 Å². The molecule has 0 aliphatic carbocycles. The van der Waals surface area contributed by atoms with Gasteiger partial charge in [-0.05, 0) is 68.7 Å². The zero-order valence-corrected chi connectivity index (χ0v) is 19.6. The molecule has 1 aliphatic heterocycles. The number of ether oxygens (including phenoxy) is 1. The van der Waals surface area contributed by atoms with E-state index in [9.17, 15) is 14.4 Å². The standard InChI is InChI=1S/C28H26N2O4/c1-17-11-18(2)13-21(12-17)16-34-25-8-6-5-7-22(25)15-24-26(31)29-28(33)30(27(24)32)23-10-9-19(3)20(4)14-23/h5-15H,16H2,1-4H3,(H,29,31,33)/b24-15+. The summed E-state index contributed by atoms with van der Waals surface area (Å²) in [6.45, 7) is 8.25. The number of anilines is 1. The lowest BCUT2D eigenvalue weighted by Crippen LogP contribution is -2.54. The molecule has 0 aromatic heterocycles. The van der Waals surface area contributed by atoms with Crippen molar-refractivity contribution in [2.24, 2.45) is 0 Å². The Balaban J connectivity index is 1.65. The summed E-state index contributed by atoms with van der Waals surface area (Å²) in [5.74, 6) is -0.885. The molecule has 4 amide bonds. The summed E-state index contributed by atoms with van der Waals surface area (Å²) in [4.78, 5) is 39.3. The van der Waals surface area contributed by atoms with E-state index >= 15 is 0 Å². The number of nitrogens with one attached hydrogen (secondary N) is 1. The van der Waals surface area contributed by atoms with Crippen molar-refractivity contribution in [2.45, 2.75) is 34.3 Å². The minimum atomic E-state index is -0.769. The maximum atomic E-state index is 13.2. The molecule has 6 heteroatoms. The quantitative estimate of drug-likeness (QED) is 0.427. The van der Waals surface area contributed by atoms with Crippen LogP contribution in [-0.2, 0) is 16.2 Å². The molecule has 0 radical (unpaired) electrons. The lowest BCUT2D eigenvalue weighted by molar-refractivity contribution is -0.122. The maximum absolute atomic E-state index is 13.2. The molecule has 0 atom stereocenters. The summed E-state index contributed by atoms with van der Waals surface area (Å²) in [5.41, 5.74) is 6.13. The molecule has 4 rings (SSSR count). The molecule has 6 nitrogen and oxygen atoms in total. The highest BCUT2D eigenvalue weighted by Crippen LogP contribution is 2.27. The van der Waals surface area contributed by atoms with Crippen LogP contribution in [0.4, 0.5) is 10.5 Å². The highest BCUT2D eigenvalue weighted by Gasteiger charge is 2.37. The van der Waals surface area contributed by atoms with Gasteiger partial charge in [-0.3, -0.25) is 14.9 Å². The van der Waals surface area contributed by atoms with Crippen LogP contribution in [0.15, 0.2) is 66.2 Å². The SMILES string of the molecule is Cc1cc(C)cc(COc2ccccc2/C=C2\C(=O)NC(=O)N(c3ccc(C)c(C)c3)C2=O)c1. The molecule has 1 N–H and O–H groups in total. The summed E-state index contributed by atoms with van der Waals surface area (Å²) in [7, 11) is 0. The van der Waals surface area contributed by atoms with E-state index in [1.165, 1.54) is 6.08 Å². The van der Waals surface area contributed by atoms with Crippen molar-refractivity contribution < 1.29 is 19.1 Å². The summed E-state index contributed by atoms with van der Waals surface area (Å²) in [6.07, 6.45) is 1.47. The molecular weight excluding hydrogens is 428 g/mol. The van der Waals surface area contributed by atoms with Gasteiger partial charge in [0.2, 0.25) is 0 Å². The molecule has 0 spiro atoms. The first-order valence-corrected chi connectivity index (χ1v) is 11.0. The van der Waals surface area contributed by atoms with Crippen molar-refractivity contribution in [1.82, 2.24) is 5.32 Å². The zero-order chi connectivity index (χ0) is 24.4. The van der Waals surface area contributed by atoms with Crippen molar-refractivity contribution in [3.05, 3.63) is 99.6 Å². The highest BCUT2D eigenvalue weighted by atomic mass is 16.5. The van der Waals surface area contributed by atoms with Gasteiger partial charge in [0.05, 0.1) is 5.69 Å². The Labute approximate surface area is 198 Å². The van der Waals surface area contributed by atoms with Crippen LogP contribution in [0.3, 0.4) is 0 Å². The lowest BCUT2D eigenvalue weighted by Gasteiger charge is -2.27. The molecular formula is C28H26N2O4. The number of aryl methyl sites for hydroxylation is 4. The van der Waals surface area contributed by atoms with Crippen LogP contribution in [-0.4, -0.2) is 17.8 Å². The first-order chi connectivity index (χ1) is 16.2. The van der Waals surface area contributed by atoms with E-state index < -0.39 is 17.8 Å². The molecule has 0 bridgehead atoms. The summed E-state index contributed by atoms with van der Waals surface area (Å²) >= 11 is 0. The predicted molar refractivity (Wildman–Crippen MR) is 132 cm³/mol. The number of nitrogens with zero attached hydrogens (tertiary/aromatic N) is 1. The highest BCUT2D eigenvalue weighted by molar-refractivity contribution is 6.39. The molecule has 1 saturated heterocycles. The third kappa shape index (κ3) is 4.76. The van der Waals surface area contributed by atoms with E-state index in [2.05, 4.69) is 23.5 Å². The van der Waals surface area contributed by atoms with Crippen LogP contribution in [0.2, 0.25) is 0 Å². The van der Waals surface area contributed by atoms with Crippen LogP contribution in [0.1, 0.15) is 33.4 Å². The zero-order valence-electron chi connectivity index (χ0n) is 19.6. The molecule has 0 saturated carbocycles. The predicted octanol–water partition coefficient (Wildman–Crippen LogP) is 5.17. The fourth-order valence-corrected chi connectivity index (χ4v) is 3.96. The van der Waals surface area contributed by atoms with Gasteiger partial charge in [-0.2, -0.15) is 0 Å². The summed E-state index contributed by atoms with van der Waals surface area (Å²) < 4.78 is 6.04. The number of imide groups is 2. The second kappa shape index (κ2) is 9.35. The van der Waals surface area contributed by atoms with Crippen LogP contribution in [0.25, 0.3) is 6.08 Å². The van der Waals surface area contributed by atoms with Crippen LogP contribution in [0.5, 0.6) is 5.75 Å². The number of para-hydroxylation sites is 1. The topological polar surface area (TPSA) is 75.7 Å². The van der Waals surface area contributed by atoms with Crippen LogP contribution < -0.4 is 15.0 Å². The molecule has 1 aliphatic rings. The van der Waals surface area contributed by atoms with E-state index in [1.807, 2.05) is 39.8 Å². The Morgan fingerprint density at radius 2 is 1.56 bits per heavy atom. The number of hydrogen-bond donors (Lipinski definition) is 1. The second-order valence-corrected chi connectivity index (χ2v) is 8.55. The molecule has 172 valence electrons. The van der Waals surface area contributed by atoms with E-state index in [0.717, 1.165) is 32.7 Å². The van der Waals surface area contributed by atoms with E-state index in [1.54, 1.807) is 30.3 Å². The fourth-order valence-electron chi connectivity index (χ4n) is 3.96. The second-order valence-electron chi connectivity index (χ2n) is 8.55. The monoisotopic (exact) mass is 454 g/mol. The number of amides is 4. The Kier molecular flexibility index (Phi) is 6.32. The van der Waals surface area contributed by atoms with Gasteiger partial charge >= 0.3 is 6.03 Å². The minimum absolute atomic E-state index is 0.139. The third-order valence-corrected chi connectivity index (χ3v) is 5.75. The van der Waals surface area contributed by atoms with Gasteiger partial charge in [-0.25, -0.2) is 9.69 Å². The van der Waals surface area contributed by atoms with Gasteiger partial charge in [0.1, 0.15) is 17.9 Å². The first kappa shape index (κ1) is 23.0. The van der Waals surface area contributed by atoms with Crippen molar-refractivity contribution in [3.8, 4) is 5.75 Å². The van der Waals surface area contributed by atoms with Crippen molar-refractivity contribution >= 4 is 29.6 Å². The Morgan fingerprint density at radius 1 is 0.853 bits per heavy atom. The van der Waals surface area contributed by atoms with E-state index in [4.69, 9.17) is 4.74 Å². The molecule has 34 heavy (non-hydrogen) atoms. The van der Waals surface area contributed by atoms with E-state index in [0.29, 0.717) is 23.6 Å². The number of carbonyl (C=O) groups excluding carboxylic acids is 3. The van der Waals surface area contributed by atoms with Gasteiger partial charge in [-0.15, -0.1) is 0 Å². The molecule has 3 aromatic carbocycles. The molecule has 1 fully saturated rings. The summed E-state index contributed by atoms with van der Waals surface area (Å²) in [6, 6.07) is 17.9. The fraction of sp³-hybridized carbons (Fsp3) is 0.179. The van der Waals surface area contributed by atoms with Crippen molar-refractivity contribution in [3.63, 3.8) is 0 Å². The maximum Gasteiger partial charge on any atom is 0.335 e. The van der Waals surface area contributed by atoms with Gasteiger partial charge in [0.15, 0.2) is 0 Å². The van der Waals surface area contributed by atoms with Crippen molar-refractivity contribution in [1.29, 1.82) is 0 Å². The molecule has 0 unspecified atom stereocenters. The smallest absolute Gasteiger partial charge is 0.335 e. The number of hydrogen-bond acceptors (Lipinski definition) is 4. The third-order valence-electron chi connectivity index (χ3n) is 5.75. The number of urea groups is 1. The molecule has 1 heterocycles. The Morgan fingerprint density at radius 3 is 2.26 bits per heavy atom. The van der Waals surface area contributed by atoms with Crippen LogP contribution in [0, 0.1) is 27.7 Å². The number of rotatable bonds is 5. The van der Waals surface area contributed by atoms with Gasteiger partial charge in [-0.1, -0.05) is 53.6 Å². The number of benzene rings is 3. The normalized spacial score (nSPS) is 15.0. The summed E-state index contributed by atoms with van der Waals surface area (Å²) in [5, 5.41) is 2.27. The van der Waals surface area contributed by atoms with Gasteiger partial charge < -0.3 is 4.74 Å². The average Bonchev–Trinajstić information content (AvgIpc) is 2.77. The molecule has 3 aromatic rings. The van der Waals surface area contributed by atoms with Gasteiger partial charge in [0, 0.05) is 5.56 Å². The lowest BCUT2D eigenvalue weighted by atomic mass is 10.0. The largest absolute Gasteiger partial charge is 0.488 e. The average molecular weight is 455 g/mol. The Bertz CT molecular complexity index is 1320. The first-order valence-electron chi connectivity index (χ1n) is 11.0. The minimum Gasteiger partial charge on any atom is -0.488 e.